The number of hydrogen-bond donors (Lipinski definition) is 0. The molecular weight excluding hydrogens is 244 g/mol. The van der Waals surface area contributed by atoms with Crippen molar-refractivity contribution >= 4 is 34.8 Å². The van der Waals surface area contributed by atoms with Crippen LogP contribution in [0.15, 0.2) is 29.0 Å². The highest BCUT2D eigenvalue weighted by molar-refractivity contribution is 6.44. The maximum absolute atomic E-state index is 5.97. The second kappa shape index (κ2) is 3.81. The highest BCUT2D eigenvalue weighted by Crippen LogP contribution is 2.34. The van der Waals surface area contributed by atoms with Gasteiger partial charge >= 0.3 is 0 Å². The first-order valence-corrected chi connectivity index (χ1v) is 4.87. The lowest BCUT2D eigenvalue weighted by Crippen LogP contribution is -1.80. The van der Waals surface area contributed by atoms with E-state index >= 15 is 0 Å². The average Bonchev–Trinajstić information content (AvgIpc) is 2.64. The Labute approximate surface area is 95.4 Å². The van der Waals surface area contributed by atoms with Gasteiger partial charge in [0.2, 0.25) is 0 Å². The van der Waals surface area contributed by atoms with Crippen molar-refractivity contribution in [3.8, 4) is 11.3 Å². The van der Waals surface area contributed by atoms with Crippen molar-refractivity contribution < 1.29 is 4.52 Å². The van der Waals surface area contributed by atoms with E-state index in [1.54, 1.807) is 18.2 Å². The van der Waals surface area contributed by atoms with Crippen LogP contribution in [0.2, 0.25) is 15.1 Å². The number of halogens is 3. The van der Waals surface area contributed by atoms with Gasteiger partial charge in [0.05, 0.1) is 15.1 Å². The molecule has 0 aliphatic carbocycles. The number of hydrogen-bond acceptors (Lipinski definition) is 2. The first-order valence-electron chi connectivity index (χ1n) is 3.74. The second-order valence-electron chi connectivity index (χ2n) is 2.63. The van der Waals surface area contributed by atoms with Gasteiger partial charge in [-0.25, -0.2) is 0 Å². The van der Waals surface area contributed by atoms with E-state index in [1.807, 2.05) is 0 Å². The lowest BCUT2D eigenvalue weighted by Gasteiger charge is -2.02. The van der Waals surface area contributed by atoms with E-state index in [2.05, 4.69) is 5.16 Å². The van der Waals surface area contributed by atoms with E-state index in [0.717, 1.165) is 0 Å². The van der Waals surface area contributed by atoms with Crippen LogP contribution in [0.4, 0.5) is 0 Å². The minimum absolute atomic E-state index is 0.420. The third-order valence-corrected chi connectivity index (χ3v) is 2.76. The Morgan fingerprint density at radius 1 is 1.00 bits per heavy atom. The Balaban J connectivity index is 2.60. The molecule has 1 aromatic carbocycles. The number of nitrogens with zero attached hydrogens (tertiary/aromatic N) is 1. The van der Waals surface area contributed by atoms with Gasteiger partial charge in [0.1, 0.15) is 12.0 Å². The van der Waals surface area contributed by atoms with Gasteiger partial charge in [-0.15, -0.1) is 0 Å². The first kappa shape index (κ1) is 9.84. The molecule has 0 spiro atoms. The molecule has 0 amide bonds. The van der Waals surface area contributed by atoms with Crippen molar-refractivity contribution in [3.05, 3.63) is 39.5 Å². The van der Waals surface area contributed by atoms with Gasteiger partial charge < -0.3 is 4.52 Å². The largest absolute Gasteiger partial charge is 0.364 e. The summed E-state index contributed by atoms with van der Waals surface area (Å²) in [5.74, 6) is 0. The zero-order chi connectivity index (χ0) is 10.1. The van der Waals surface area contributed by atoms with Crippen LogP contribution in [0.1, 0.15) is 0 Å². The SMILES string of the molecule is Clc1cc(Cl)c(-c2ccon2)cc1Cl. The van der Waals surface area contributed by atoms with Crippen LogP contribution >= 0.6 is 34.8 Å². The van der Waals surface area contributed by atoms with E-state index in [1.165, 1.54) is 6.26 Å². The molecule has 0 aliphatic heterocycles. The molecule has 0 saturated heterocycles. The topological polar surface area (TPSA) is 26.0 Å². The molecular formula is C9H4Cl3NO. The summed E-state index contributed by atoms with van der Waals surface area (Å²) in [6.45, 7) is 0. The molecule has 1 aromatic heterocycles. The van der Waals surface area contributed by atoms with Gasteiger partial charge in [0.15, 0.2) is 0 Å². The molecule has 0 N–H and O–H groups in total. The smallest absolute Gasteiger partial charge is 0.124 e. The molecule has 0 radical (unpaired) electrons. The normalized spacial score (nSPS) is 10.5. The summed E-state index contributed by atoms with van der Waals surface area (Å²) in [4.78, 5) is 0. The summed E-state index contributed by atoms with van der Waals surface area (Å²) < 4.78 is 4.71. The van der Waals surface area contributed by atoms with Gasteiger partial charge in [-0.1, -0.05) is 40.0 Å². The molecule has 2 rings (SSSR count). The van der Waals surface area contributed by atoms with Gasteiger partial charge in [-0.3, -0.25) is 0 Å². The Bertz CT molecular complexity index is 453. The summed E-state index contributed by atoms with van der Waals surface area (Å²) in [5, 5.41) is 5.11. The van der Waals surface area contributed by atoms with E-state index in [4.69, 9.17) is 39.3 Å². The zero-order valence-electron chi connectivity index (χ0n) is 6.80. The highest BCUT2D eigenvalue weighted by Gasteiger charge is 2.09. The molecule has 2 aromatic rings. The quantitative estimate of drug-likeness (QED) is 0.703. The zero-order valence-corrected chi connectivity index (χ0v) is 9.07. The molecule has 72 valence electrons. The summed E-state index contributed by atoms with van der Waals surface area (Å²) in [7, 11) is 0. The predicted octanol–water partition coefficient (Wildman–Crippen LogP) is 4.30. The lowest BCUT2D eigenvalue weighted by atomic mass is 10.1. The maximum atomic E-state index is 5.97. The average molecular weight is 248 g/mol. The molecule has 1 heterocycles. The lowest BCUT2D eigenvalue weighted by molar-refractivity contribution is 0.422. The van der Waals surface area contributed by atoms with Gasteiger partial charge in [-0.05, 0) is 12.1 Å². The molecule has 14 heavy (non-hydrogen) atoms. The molecule has 0 saturated carbocycles. The van der Waals surface area contributed by atoms with Crippen molar-refractivity contribution in [2.75, 3.05) is 0 Å². The van der Waals surface area contributed by atoms with E-state index in [9.17, 15) is 0 Å². The molecule has 5 heteroatoms. The van der Waals surface area contributed by atoms with Crippen LogP contribution in [0.3, 0.4) is 0 Å². The van der Waals surface area contributed by atoms with Gasteiger partial charge in [0, 0.05) is 11.6 Å². The van der Waals surface area contributed by atoms with E-state index in [-0.39, 0.29) is 0 Å². The number of benzene rings is 1. The molecule has 0 fully saturated rings. The van der Waals surface area contributed by atoms with Crippen molar-refractivity contribution in [2.45, 2.75) is 0 Å². The van der Waals surface area contributed by atoms with Crippen LogP contribution in [-0.4, -0.2) is 5.16 Å². The third kappa shape index (κ3) is 1.73. The summed E-state index contributed by atoms with van der Waals surface area (Å²) in [5.41, 5.74) is 1.34. The number of aromatic nitrogens is 1. The summed E-state index contributed by atoms with van der Waals surface area (Å²) in [6.07, 6.45) is 1.47. The minimum Gasteiger partial charge on any atom is -0.364 e. The fourth-order valence-corrected chi connectivity index (χ4v) is 1.71. The Morgan fingerprint density at radius 2 is 1.71 bits per heavy atom. The van der Waals surface area contributed by atoms with Crippen molar-refractivity contribution in [1.82, 2.24) is 5.16 Å². The highest BCUT2D eigenvalue weighted by atomic mass is 35.5. The number of rotatable bonds is 1. The summed E-state index contributed by atoms with van der Waals surface area (Å²) >= 11 is 17.6. The van der Waals surface area contributed by atoms with Crippen molar-refractivity contribution in [2.24, 2.45) is 0 Å². The van der Waals surface area contributed by atoms with Gasteiger partial charge in [0.25, 0.3) is 0 Å². The van der Waals surface area contributed by atoms with Crippen LogP contribution in [0.25, 0.3) is 11.3 Å². The van der Waals surface area contributed by atoms with E-state index < -0.39 is 0 Å². The molecule has 0 bridgehead atoms. The minimum atomic E-state index is 0.420. The first-order chi connectivity index (χ1) is 6.68. The maximum Gasteiger partial charge on any atom is 0.124 e. The Kier molecular flexibility index (Phi) is 2.68. The fourth-order valence-electron chi connectivity index (χ4n) is 1.07. The second-order valence-corrected chi connectivity index (χ2v) is 3.85. The van der Waals surface area contributed by atoms with Crippen molar-refractivity contribution in [3.63, 3.8) is 0 Å². The molecule has 0 aliphatic rings. The van der Waals surface area contributed by atoms with Gasteiger partial charge in [-0.2, -0.15) is 0 Å². The molecule has 2 nitrogen and oxygen atoms in total. The van der Waals surface area contributed by atoms with Crippen molar-refractivity contribution in [1.29, 1.82) is 0 Å². The van der Waals surface area contributed by atoms with Crippen LogP contribution in [-0.2, 0) is 0 Å². The Hall–Kier alpha value is -0.700. The van der Waals surface area contributed by atoms with Crippen LogP contribution in [0.5, 0.6) is 0 Å². The molecule has 0 atom stereocenters. The molecule has 0 unspecified atom stereocenters. The van der Waals surface area contributed by atoms with Crippen LogP contribution < -0.4 is 0 Å². The van der Waals surface area contributed by atoms with Crippen LogP contribution in [0, 0.1) is 0 Å². The summed E-state index contributed by atoms with van der Waals surface area (Å²) in [6, 6.07) is 4.94. The predicted molar refractivity (Wildman–Crippen MR) is 57.0 cm³/mol. The standard InChI is InChI=1S/C9H4Cl3NO/c10-6-4-8(12)7(11)3-5(6)9-1-2-14-13-9/h1-4H. The van der Waals surface area contributed by atoms with E-state index in [0.29, 0.717) is 26.3 Å². The fraction of sp³-hybridized carbons (Fsp3) is 0. The monoisotopic (exact) mass is 247 g/mol. The third-order valence-electron chi connectivity index (χ3n) is 1.72. The Morgan fingerprint density at radius 3 is 2.36 bits per heavy atom.